The minimum absolute atomic E-state index is 0.201. The van der Waals surface area contributed by atoms with Crippen molar-refractivity contribution >= 4 is 15.9 Å². The van der Waals surface area contributed by atoms with Crippen molar-refractivity contribution in [2.75, 3.05) is 6.54 Å². The molecule has 19 heavy (non-hydrogen) atoms. The Labute approximate surface area is 122 Å². The fourth-order valence-electron chi connectivity index (χ4n) is 2.67. The molecule has 3 unspecified atom stereocenters. The van der Waals surface area contributed by atoms with E-state index >= 15 is 0 Å². The molecule has 2 rings (SSSR count). The maximum absolute atomic E-state index is 13.6. The van der Waals surface area contributed by atoms with Gasteiger partial charge in [0.2, 0.25) is 0 Å². The lowest BCUT2D eigenvalue weighted by molar-refractivity contribution is 0.0323. The summed E-state index contributed by atoms with van der Waals surface area (Å²) in [6, 6.07) is 5.45. The summed E-state index contributed by atoms with van der Waals surface area (Å²) in [7, 11) is 0. The minimum Gasteiger partial charge on any atom is -0.374 e. The topological polar surface area (TPSA) is 21.3 Å². The third-order valence-electron chi connectivity index (χ3n) is 3.65. The number of likely N-dealkylation sites (N-methyl/N-ethyl adjacent to an activating group) is 1. The summed E-state index contributed by atoms with van der Waals surface area (Å²) in [6.45, 7) is 5.10. The zero-order valence-corrected chi connectivity index (χ0v) is 13.0. The summed E-state index contributed by atoms with van der Waals surface area (Å²) < 4.78 is 20.1. The molecular weight excluding hydrogens is 309 g/mol. The molecule has 0 saturated carbocycles. The first-order chi connectivity index (χ1) is 9.11. The molecular formula is C15H21BrFNO. The summed E-state index contributed by atoms with van der Waals surface area (Å²) in [5.74, 6) is -0.201. The predicted molar refractivity (Wildman–Crippen MR) is 78.8 cm³/mol. The van der Waals surface area contributed by atoms with Gasteiger partial charge in [0, 0.05) is 6.04 Å². The van der Waals surface area contributed by atoms with Crippen LogP contribution in [0.2, 0.25) is 0 Å². The van der Waals surface area contributed by atoms with Crippen LogP contribution in [0.25, 0.3) is 0 Å². The van der Waals surface area contributed by atoms with Crippen LogP contribution in [0.1, 0.15) is 32.3 Å². The molecule has 1 fully saturated rings. The fourth-order valence-corrected chi connectivity index (χ4v) is 3.10. The molecule has 106 valence electrons. The summed E-state index contributed by atoms with van der Waals surface area (Å²) in [5, 5.41) is 3.47. The van der Waals surface area contributed by atoms with E-state index < -0.39 is 0 Å². The Kier molecular flexibility index (Phi) is 5.37. The van der Waals surface area contributed by atoms with Crippen LogP contribution in [-0.2, 0) is 11.2 Å². The monoisotopic (exact) mass is 329 g/mol. The van der Waals surface area contributed by atoms with E-state index in [2.05, 4.69) is 35.1 Å². The molecule has 0 amide bonds. The average molecular weight is 330 g/mol. The van der Waals surface area contributed by atoms with Gasteiger partial charge in [0.05, 0.1) is 16.7 Å². The number of ether oxygens (including phenoxy) is 1. The number of hydrogen-bond acceptors (Lipinski definition) is 2. The number of rotatable bonds is 5. The Balaban J connectivity index is 2.09. The zero-order chi connectivity index (χ0) is 13.8. The van der Waals surface area contributed by atoms with Crippen LogP contribution in [0.15, 0.2) is 22.7 Å². The molecule has 1 aromatic rings. The Morgan fingerprint density at radius 3 is 2.89 bits per heavy atom. The van der Waals surface area contributed by atoms with Crippen LogP contribution < -0.4 is 5.32 Å². The van der Waals surface area contributed by atoms with Crippen LogP contribution >= 0.6 is 15.9 Å². The maximum atomic E-state index is 13.6. The third-order valence-corrected chi connectivity index (χ3v) is 4.54. The summed E-state index contributed by atoms with van der Waals surface area (Å²) >= 11 is 3.34. The van der Waals surface area contributed by atoms with Crippen molar-refractivity contribution < 1.29 is 9.13 Å². The van der Waals surface area contributed by atoms with E-state index in [0.717, 1.165) is 31.4 Å². The Bertz CT molecular complexity index is 427. The lowest BCUT2D eigenvalue weighted by Gasteiger charge is -2.25. The standard InChI is InChI=1S/C15H21BrFNO/c1-3-18-13(14-8-7-10(2)19-14)9-11-5-4-6-12(17)15(11)16/h4-6,10,13-14,18H,3,7-9H2,1-2H3. The second-order valence-corrected chi connectivity index (χ2v) is 5.94. The van der Waals surface area contributed by atoms with E-state index in [1.54, 1.807) is 6.07 Å². The molecule has 0 spiro atoms. The molecule has 0 aromatic heterocycles. The molecule has 1 aliphatic rings. The molecule has 1 saturated heterocycles. The molecule has 0 radical (unpaired) electrons. The van der Waals surface area contributed by atoms with E-state index in [1.807, 2.05) is 6.07 Å². The van der Waals surface area contributed by atoms with Crippen molar-refractivity contribution in [1.82, 2.24) is 5.32 Å². The van der Waals surface area contributed by atoms with Crippen molar-refractivity contribution in [2.45, 2.75) is 51.4 Å². The Morgan fingerprint density at radius 2 is 2.26 bits per heavy atom. The molecule has 0 bridgehead atoms. The van der Waals surface area contributed by atoms with Gasteiger partial charge >= 0.3 is 0 Å². The first-order valence-electron chi connectivity index (χ1n) is 6.93. The van der Waals surface area contributed by atoms with Gasteiger partial charge in [-0.2, -0.15) is 0 Å². The van der Waals surface area contributed by atoms with Crippen LogP contribution in [0.4, 0.5) is 4.39 Å². The maximum Gasteiger partial charge on any atom is 0.137 e. The van der Waals surface area contributed by atoms with Crippen LogP contribution in [-0.4, -0.2) is 24.8 Å². The van der Waals surface area contributed by atoms with E-state index in [9.17, 15) is 4.39 Å². The van der Waals surface area contributed by atoms with E-state index in [4.69, 9.17) is 4.74 Å². The number of hydrogen-bond donors (Lipinski definition) is 1. The highest BCUT2D eigenvalue weighted by Gasteiger charge is 2.29. The first kappa shape index (κ1) is 14.9. The molecule has 1 heterocycles. The van der Waals surface area contributed by atoms with Gasteiger partial charge in [-0.05, 0) is 60.3 Å². The van der Waals surface area contributed by atoms with E-state index in [-0.39, 0.29) is 18.0 Å². The van der Waals surface area contributed by atoms with Gasteiger partial charge in [0.15, 0.2) is 0 Å². The molecule has 3 atom stereocenters. The predicted octanol–water partition coefficient (Wildman–Crippen LogP) is 3.68. The van der Waals surface area contributed by atoms with Gasteiger partial charge in [-0.3, -0.25) is 0 Å². The second-order valence-electron chi connectivity index (χ2n) is 5.14. The lowest BCUT2D eigenvalue weighted by atomic mass is 9.99. The fraction of sp³-hybridized carbons (Fsp3) is 0.600. The van der Waals surface area contributed by atoms with Crippen LogP contribution in [0.3, 0.4) is 0 Å². The smallest absolute Gasteiger partial charge is 0.137 e. The van der Waals surface area contributed by atoms with E-state index in [0.29, 0.717) is 10.6 Å². The van der Waals surface area contributed by atoms with Crippen molar-refractivity contribution in [3.05, 3.63) is 34.1 Å². The summed E-state index contributed by atoms with van der Waals surface area (Å²) in [4.78, 5) is 0. The highest BCUT2D eigenvalue weighted by molar-refractivity contribution is 9.10. The number of benzene rings is 1. The van der Waals surface area contributed by atoms with Crippen molar-refractivity contribution in [3.63, 3.8) is 0 Å². The average Bonchev–Trinajstić information content (AvgIpc) is 2.81. The van der Waals surface area contributed by atoms with Crippen molar-refractivity contribution in [3.8, 4) is 0 Å². The lowest BCUT2D eigenvalue weighted by Crippen LogP contribution is -2.41. The second kappa shape index (κ2) is 6.82. The Morgan fingerprint density at radius 1 is 1.47 bits per heavy atom. The molecule has 0 aliphatic carbocycles. The minimum atomic E-state index is -0.201. The molecule has 4 heteroatoms. The van der Waals surface area contributed by atoms with Crippen molar-refractivity contribution in [2.24, 2.45) is 0 Å². The molecule has 1 aliphatic heterocycles. The van der Waals surface area contributed by atoms with E-state index in [1.165, 1.54) is 6.07 Å². The van der Waals surface area contributed by atoms with Gasteiger partial charge in [-0.15, -0.1) is 0 Å². The highest BCUT2D eigenvalue weighted by Crippen LogP contribution is 2.27. The normalized spacial score (nSPS) is 24.6. The third kappa shape index (κ3) is 3.77. The van der Waals surface area contributed by atoms with Crippen LogP contribution in [0, 0.1) is 5.82 Å². The highest BCUT2D eigenvalue weighted by atomic mass is 79.9. The van der Waals surface area contributed by atoms with Crippen molar-refractivity contribution in [1.29, 1.82) is 0 Å². The summed E-state index contributed by atoms with van der Waals surface area (Å²) in [6.07, 6.45) is 3.53. The van der Waals surface area contributed by atoms with Gasteiger partial charge < -0.3 is 10.1 Å². The van der Waals surface area contributed by atoms with Gasteiger partial charge in [0.25, 0.3) is 0 Å². The SMILES string of the molecule is CCNC(Cc1cccc(F)c1Br)C1CCC(C)O1. The molecule has 1 aromatic carbocycles. The quantitative estimate of drug-likeness (QED) is 0.889. The first-order valence-corrected chi connectivity index (χ1v) is 7.72. The van der Waals surface area contributed by atoms with Gasteiger partial charge in [-0.25, -0.2) is 4.39 Å². The largest absolute Gasteiger partial charge is 0.374 e. The van der Waals surface area contributed by atoms with Gasteiger partial charge in [-0.1, -0.05) is 19.1 Å². The summed E-state index contributed by atoms with van der Waals surface area (Å²) in [5.41, 5.74) is 0.995. The van der Waals surface area contributed by atoms with Crippen LogP contribution in [0.5, 0.6) is 0 Å². The molecule has 2 nitrogen and oxygen atoms in total. The zero-order valence-electron chi connectivity index (χ0n) is 11.5. The van der Waals surface area contributed by atoms with Gasteiger partial charge in [0.1, 0.15) is 5.82 Å². The number of halogens is 2. The molecule has 1 N–H and O–H groups in total. The number of nitrogens with one attached hydrogen (secondary N) is 1. The Hall–Kier alpha value is -0.450.